The van der Waals surface area contributed by atoms with Gasteiger partial charge in [0.25, 0.3) is 0 Å². The number of nitrogens with zero attached hydrogens (tertiary/aromatic N) is 3. The topological polar surface area (TPSA) is 78.0 Å². The highest BCUT2D eigenvalue weighted by molar-refractivity contribution is 7.91. The van der Waals surface area contributed by atoms with Crippen molar-refractivity contribution in [2.75, 3.05) is 45.7 Å². The number of rotatable bonds is 2. The van der Waals surface area contributed by atoms with E-state index < -0.39 is 21.7 Å². The number of hydrogen-bond acceptors (Lipinski definition) is 5. The molecule has 0 aliphatic carbocycles. The van der Waals surface area contributed by atoms with Crippen LogP contribution in [-0.4, -0.2) is 92.8 Å². The lowest BCUT2D eigenvalue weighted by Gasteiger charge is -2.35. The van der Waals surface area contributed by atoms with Gasteiger partial charge in [0, 0.05) is 26.2 Å². The number of sulfone groups is 1. The van der Waals surface area contributed by atoms with Crippen molar-refractivity contribution >= 4 is 21.7 Å². The first-order chi connectivity index (χ1) is 10.2. The highest BCUT2D eigenvalue weighted by Gasteiger charge is 2.36. The third kappa shape index (κ3) is 3.78. The molecule has 2 rings (SSSR count). The summed E-state index contributed by atoms with van der Waals surface area (Å²) >= 11 is 0. The van der Waals surface area contributed by atoms with Gasteiger partial charge < -0.3 is 14.7 Å². The molecule has 22 heavy (non-hydrogen) atoms. The largest absolute Gasteiger partial charge is 0.334 e. The normalized spacial score (nSPS) is 25.9. The predicted molar refractivity (Wildman–Crippen MR) is 83.1 cm³/mol. The highest BCUT2D eigenvalue weighted by Crippen LogP contribution is 2.18. The summed E-state index contributed by atoms with van der Waals surface area (Å²) in [6.07, 6.45) is 2.12. The quantitative estimate of drug-likeness (QED) is 0.618. The molecule has 1 atom stereocenters. The molecule has 0 aromatic heterocycles. The van der Waals surface area contributed by atoms with Crippen molar-refractivity contribution in [1.29, 1.82) is 0 Å². The Balaban J connectivity index is 1.95. The summed E-state index contributed by atoms with van der Waals surface area (Å²) in [5.41, 5.74) is 0. The molecule has 1 unspecified atom stereocenters. The molecule has 126 valence electrons. The van der Waals surface area contributed by atoms with Crippen LogP contribution in [0, 0.1) is 0 Å². The first-order valence-electron chi connectivity index (χ1n) is 7.64. The molecular formula is C14H25N3O4S. The highest BCUT2D eigenvalue weighted by atomic mass is 32.2. The second-order valence-electron chi connectivity index (χ2n) is 6.42. The van der Waals surface area contributed by atoms with Gasteiger partial charge in [-0.1, -0.05) is 0 Å². The second kappa shape index (κ2) is 6.54. The van der Waals surface area contributed by atoms with Crippen LogP contribution >= 0.6 is 0 Å². The molecule has 2 amide bonds. The predicted octanol–water partition coefficient (Wildman–Crippen LogP) is -0.815. The fraction of sp³-hybridized carbons (Fsp3) is 0.857. The van der Waals surface area contributed by atoms with Crippen molar-refractivity contribution in [3.8, 4) is 0 Å². The van der Waals surface area contributed by atoms with Crippen molar-refractivity contribution in [2.45, 2.75) is 31.3 Å². The molecule has 0 aromatic carbocycles. The van der Waals surface area contributed by atoms with Crippen molar-refractivity contribution in [2.24, 2.45) is 0 Å². The number of amides is 2. The molecule has 2 aliphatic rings. The summed E-state index contributed by atoms with van der Waals surface area (Å²) in [7, 11) is 2.15. The SMILES string of the molecule is CN1CCC(N(C)C(=O)C(=O)N(C)C2CCS(=O)(=O)C2)CC1. The zero-order chi connectivity index (χ0) is 16.5. The van der Waals surface area contributed by atoms with Gasteiger partial charge in [-0.15, -0.1) is 0 Å². The molecular weight excluding hydrogens is 306 g/mol. The van der Waals surface area contributed by atoms with Gasteiger partial charge >= 0.3 is 11.8 Å². The lowest BCUT2D eigenvalue weighted by molar-refractivity contribution is -0.153. The molecule has 0 radical (unpaired) electrons. The maximum Gasteiger partial charge on any atom is 0.312 e. The molecule has 0 bridgehead atoms. The summed E-state index contributed by atoms with van der Waals surface area (Å²) in [6.45, 7) is 1.82. The second-order valence-corrected chi connectivity index (χ2v) is 8.65. The lowest BCUT2D eigenvalue weighted by Crippen LogP contribution is -2.51. The first-order valence-corrected chi connectivity index (χ1v) is 9.46. The summed E-state index contributed by atoms with van der Waals surface area (Å²) in [5, 5.41) is 0. The molecule has 2 saturated heterocycles. The van der Waals surface area contributed by atoms with Gasteiger partial charge in [-0.2, -0.15) is 0 Å². The Hall–Kier alpha value is -1.15. The number of carbonyl (C=O) groups excluding carboxylic acids is 2. The molecule has 2 aliphatic heterocycles. The molecule has 0 saturated carbocycles. The van der Waals surface area contributed by atoms with Crippen molar-refractivity contribution in [1.82, 2.24) is 14.7 Å². The van der Waals surface area contributed by atoms with Gasteiger partial charge in [0.1, 0.15) is 0 Å². The molecule has 7 nitrogen and oxygen atoms in total. The zero-order valence-electron chi connectivity index (χ0n) is 13.5. The van der Waals surface area contributed by atoms with Crippen LogP contribution in [0.3, 0.4) is 0 Å². The monoisotopic (exact) mass is 331 g/mol. The number of likely N-dealkylation sites (tertiary alicyclic amines) is 1. The van der Waals surface area contributed by atoms with Gasteiger partial charge in [0.15, 0.2) is 9.84 Å². The standard InChI is InChI=1S/C14H25N3O4S/c1-15-7-4-11(5-8-15)16(2)13(18)14(19)17(3)12-6-9-22(20,21)10-12/h11-12H,4-10H2,1-3H3. The maximum atomic E-state index is 12.4. The van der Waals surface area contributed by atoms with E-state index in [2.05, 4.69) is 4.90 Å². The van der Waals surface area contributed by atoms with E-state index in [-0.39, 0.29) is 23.6 Å². The average Bonchev–Trinajstić information content (AvgIpc) is 2.85. The van der Waals surface area contributed by atoms with E-state index in [1.165, 1.54) is 16.8 Å². The van der Waals surface area contributed by atoms with Crippen LogP contribution in [0.25, 0.3) is 0 Å². The van der Waals surface area contributed by atoms with Crippen LogP contribution in [0.5, 0.6) is 0 Å². The summed E-state index contributed by atoms with van der Waals surface area (Å²) in [4.78, 5) is 29.7. The summed E-state index contributed by atoms with van der Waals surface area (Å²) in [5.74, 6) is -1.10. The van der Waals surface area contributed by atoms with E-state index in [1.54, 1.807) is 7.05 Å². The van der Waals surface area contributed by atoms with Crippen LogP contribution in [0.2, 0.25) is 0 Å². The van der Waals surface area contributed by atoms with Gasteiger partial charge in [0.05, 0.1) is 11.5 Å². The number of piperidine rings is 1. The van der Waals surface area contributed by atoms with Crippen molar-refractivity contribution < 1.29 is 18.0 Å². The lowest BCUT2D eigenvalue weighted by atomic mass is 10.0. The van der Waals surface area contributed by atoms with Crippen LogP contribution in [0.4, 0.5) is 0 Å². The Kier molecular flexibility index (Phi) is 5.11. The molecule has 8 heteroatoms. The minimum absolute atomic E-state index is 0.0412. The van der Waals surface area contributed by atoms with Gasteiger partial charge in [0.2, 0.25) is 0 Å². The third-order valence-corrected chi connectivity index (χ3v) is 6.57. The number of carbonyl (C=O) groups is 2. The molecule has 0 spiro atoms. The minimum Gasteiger partial charge on any atom is -0.334 e. The Morgan fingerprint density at radius 1 is 0.955 bits per heavy atom. The Bertz CT molecular complexity index is 540. The van der Waals surface area contributed by atoms with Crippen LogP contribution in [0.1, 0.15) is 19.3 Å². The van der Waals surface area contributed by atoms with E-state index in [9.17, 15) is 18.0 Å². The zero-order valence-corrected chi connectivity index (χ0v) is 14.3. The van der Waals surface area contributed by atoms with E-state index in [1.807, 2.05) is 7.05 Å². The van der Waals surface area contributed by atoms with Gasteiger partial charge in [-0.3, -0.25) is 9.59 Å². The van der Waals surface area contributed by atoms with E-state index in [4.69, 9.17) is 0 Å². The van der Waals surface area contributed by atoms with Gasteiger partial charge in [-0.05, 0) is 39.4 Å². The van der Waals surface area contributed by atoms with Crippen LogP contribution < -0.4 is 0 Å². The first kappa shape index (κ1) is 17.2. The minimum atomic E-state index is -3.07. The summed E-state index contributed by atoms with van der Waals surface area (Å²) < 4.78 is 23.0. The smallest absolute Gasteiger partial charge is 0.312 e. The fourth-order valence-corrected chi connectivity index (χ4v) is 4.87. The Labute approximate surface area is 132 Å². The van der Waals surface area contributed by atoms with Crippen LogP contribution in [0.15, 0.2) is 0 Å². The Morgan fingerprint density at radius 2 is 1.45 bits per heavy atom. The fourth-order valence-electron chi connectivity index (χ4n) is 3.10. The number of hydrogen-bond donors (Lipinski definition) is 0. The van der Waals surface area contributed by atoms with Crippen molar-refractivity contribution in [3.63, 3.8) is 0 Å². The van der Waals surface area contributed by atoms with Crippen molar-refractivity contribution in [3.05, 3.63) is 0 Å². The molecule has 2 fully saturated rings. The molecule has 2 heterocycles. The third-order valence-electron chi connectivity index (χ3n) is 4.82. The van der Waals surface area contributed by atoms with Gasteiger partial charge in [-0.25, -0.2) is 8.42 Å². The van der Waals surface area contributed by atoms with Crippen LogP contribution in [-0.2, 0) is 19.4 Å². The Morgan fingerprint density at radius 3 is 1.91 bits per heavy atom. The number of likely N-dealkylation sites (N-methyl/N-ethyl adjacent to an activating group) is 2. The molecule has 0 N–H and O–H groups in total. The van der Waals surface area contributed by atoms with E-state index in [0.29, 0.717) is 6.42 Å². The average molecular weight is 331 g/mol. The van der Waals surface area contributed by atoms with E-state index >= 15 is 0 Å². The van der Waals surface area contributed by atoms with E-state index in [0.717, 1.165) is 25.9 Å². The summed E-state index contributed by atoms with van der Waals surface area (Å²) in [6, 6.07) is -0.305. The molecule has 0 aromatic rings. The maximum absolute atomic E-state index is 12.4.